The molecule has 2 unspecified atom stereocenters. The van der Waals surface area contributed by atoms with E-state index in [1.807, 2.05) is 20.8 Å². The second-order valence-corrected chi connectivity index (χ2v) is 5.37. The average molecular weight is 255 g/mol. The zero-order valence-corrected chi connectivity index (χ0v) is 11.7. The molecule has 18 heavy (non-hydrogen) atoms. The minimum Gasteiger partial charge on any atom is -0.479 e. The van der Waals surface area contributed by atoms with Crippen LogP contribution in [0.3, 0.4) is 0 Å². The molecular formula is C14H25NO3. The summed E-state index contributed by atoms with van der Waals surface area (Å²) in [5.74, 6) is -0.882. The van der Waals surface area contributed by atoms with E-state index in [-0.39, 0.29) is 11.8 Å². The third-order valence-corrected chi connectivity index (χ3v) is 3.96. The lowest BCUT2D eigenvalue weighted by Gasteiger charge is -2.36. The van der Waals surface area contributed by atoms with E-state index in [0.717, 1.165) is 25.7 Å². The Bertz CT molecular complexity index is 316. The molecule has 1 aliphatic rings. The number of hydrogen-bond acceptors (Lipinski definition) is 2. The van der Waals surface area contributed by atoms with Crippen molar-refractivity contribution in [2.75, 3.05) is 6.54 Å². The molecule has 0 aliphatic carbocycles. The van der Waals surface area contributed by atoms with Crippen molar-refractivity contribution in [1.29, 1.82) is 0 Å². The van der Waals surface area contributed by atoms with Crippen LogP contribution in [-0.4, -0.2) is 34.0 Å². The number of likely N-dealkylation sites (tertiary alicyclic amines) is 1. The molecule has 0 spiro atoms. The molecular weight excluding hydrogens is 230 g/mol. The number of nitrogens with zero attached hydrogens (tertiary/aromatic N) is 1. The van der Waals surface area contributed by atoms with E-state index in [2.05, 4.69) is 0 Å². The summed E-state index contributed by atoms with van der Waals surface area (Å²) in [6, 6.07) is 0. The number of hydrogen-bond donors (Lipinski definition) is 1. The molecule has 0 saturated carbocycles. The minimum atomic E-state index is -0.937. The molecule has 4 nitrogen and oxygen atoms in total. The van der Waals surface area contributed by atoms with E-state index < -0.39 is 11.5 Å². The van der Waals surface area contributed by atoms with Gasteiger partial charge < -0.3 is 10.0 Å². The summed E-state index contributed by atoms with van der Waals surface area (Å²) < 4.78 is 0. The Hall–Kier alpha value is -1.06. The Labute approximate surface area is 109 Å². The molecule has 0 aromatic carbocycles. The van der Waals surface area contributed by atoms with Crippen LogP contribution in [0.25, 0.3) is 0 Å². The maximum Gasteiger partial charge on any atom is 0.329 e. The first-order valence-corrected chi connectivity index (χ1v) is 7.04. The number of carbonyl (C=O) groups is 2. The Balaban J connectivity index is 2.91. The predicted molar refractivity (Wildman–Crippen MR) is 70.3 cm³/mol. The highest BCUT2D eigenvalue weighted by atomic mass is 16.4. The van der Waals surface area contributed by atoms with Crippen LogP contribution in [0.1, 0.15) is 59.3 Å². The van der Waals surface area contributed by atoms with Crippen LogP contribution in [0.15, 0.2) is 0 Å². The van der Waals surface area contributed by atoms with Gasteiger partial charge >= 0.3 is 5.97 Å². The maximum atomic E-state index is 12.4. The number of carbonyl (C=O) groups excluding carboxylic acids is 1. The molecule has 1 heterocycles. The average Bonchev–Trinajstić information content (AvgIpc) is 2.74. The van der Waals surface area contributed by atoms with Crippen molar-refractivity contribution in [3.05, 3.63) is 0 Å². The highest BCUT2D eigenvalue weighted by Gasteiger charge is 2.49. The van der Waals surface area contributed by atoms with Crippen LogP contribution in [0.4, 0.5) is 0 Å². The third-order valence-electron chi connectivity index (χ3n) is 3.96. The van der Waals surface area contributed by atoms with Crippen LogP contribution < -0.4 is 0 Å². The van der Waals surface area contributed by atoms with Crippen molar-refractivity contribution in [3.63, 3.8) is 0 Å². The van der Waals surface area contributed by atoms with E-state index in [1.54, 1.807) is 4.90 Å². The fraction of sp³-hybridized carbons (Fsp3) is 0.857. The zero-order valence-electron chi connectivity index (χ0n) is 11.7. The van der Waals surface area contributed by atoms with Crippen molar-refractivity contribution in [1.82, 2.24) is 4.90 Å². The highest BCUT2D eigenvalue weighted by molar-refractivity contribution is 5.88. The summed E-state index contributed by atoms with van der Waals surface area (Å²) in [5, 5.41) is 9.53. The Morgan fingerprint density at radius 1 is 1.33 bits per heavy atom. The second-order valence-electron chi connectivity index (χ2n) is 5.37. The van der Waals surface area contributed by atoms with Crippen LogP contribution in [-0.2, 0) is 9.59 Å². The van der Waals surface area contributed by atoms with Gasteiger partial charge in [-0.1, -0.05) is 33.6 Å². The molecule has 0 bridgehead atoms. The van der Waals surface area contributed by atoms with Crippen LogP contribution >= 0.6 is 0 Å². The third kappa shape index (κ3) is 2.68. The topological polar surface area (TPSA) is 57.6 Å². The number of carboxylic acid groups (broad SMARTS) is 1. The molecule has 0 aromatic rings. The predicted octanol–water partition coefficient (Wildman–Crippen LogP) is 2.67. The summed E-state index contributed by atoms with van der Waals surface area (Å²) in [7, 11) is 0. The first-order valence-electron chi connectivity index (χ1n) is 7.04. The molecule has 4 heteroatoms. The molecule has 104 valence electrons. The van der Waals surface area contributed by atoms with Gasteiger partial charge in [0, 0.05) is 12.5 Å². The molecule has 1 rings (SSSR count). The number of carboxylic acids is 1. The fourth-order valence-corrected chi connectivity index (χ4v) is 3.03. The SMILES string of the molecule is CCCC(C)C(=O)N1CCCC1(CCC)C(=O)O. The lowest BCUT2D eigenvalue weighted by Crippen LogP contribution is -2.54. The van der Waals surface area contributed by atoms with Gasteiger partial charge in [0.05, 0.1) is 0 Å². The van der Waals surface area contributed by atoms with E-state index in [1.165, 1.54) is 0 Å². The highest BCUT2D eigenvalue weighted by Crippen LogP contribution is 2.35. The van der Waals surface area contributed by atoms with Gasteiger partial charge in [-0.25, -0.2) is 4.79 Å². The molecule has 1 fully saturated rings. The second kappa shape index (κ2) is 6.21. The van der Waals surface area contributed by atoms with Gasteiger partial charge in [-0.3, -0.25) is 4.79 Å². The number of aliphatic carboxylic acids is 1. The van der Waals surface area contributed by atoms with Crippen molar-refractivity contribution in [2.24, 2.45) is 5.92 Å². The van der Waals surface area contributed by atoms with E-state index in [9.17, 15) is 14.7 Å². The van der Waals surface area contributed by atoms with Gasteiger partial charge in [-0.2, -0.15) is 0 Å². The summed E-state index contributed by atoms with van der Waals surface area (Å²) in [6.07, 6.45) is 4.54. The monoisotopic (exact) mass is 255 g/mol. The quantitative estimate of drug-likeness (QED) is 0.793. The zero-order chi connectivity index (χ0) is 13.8. The normalized spacial score (nSPS) is 25.2. The molecule has 1 aliphatic heterocycles. The van der Waals surface area contributed by atoms with E-state index in [0.29, 0.717) is 19.4 Å². The summed E-state index contributed by atoms with van der Waals surface area (Å²) in [4.78, 5) is 25.6. The molecule has 0 radical (unpaired) electrons. The van der Waals surface area contributed by atoms with E-state index in [4.69, 9.17) is 0 Å². The molecule has 0 aromatic heterocycles. The lowest BCUT2D eigenvalue weighted by molar-refractivity contribution is -0.158. The minimum absolute atomic E-state index is 0.0187. The Morgan fingerprint density at radius 2 is 2.00 bits per heavy atom. The van der Waals surface area contributed by atoms with Crippen molar-refractivity contribution in [3.8, 4) is 0 Å². The van der Waals surface area contributed by atoms with Crippen LogP contribution in [0.5, 0.6) is 0 Å². The van der Waals surface area contributed by atoms with E-state index >= 15 is 0 Å². The van der Waals surface area contributed by atoms with Gasteiger partial charge in [0.1, 0.15) is 5.54 Å². The largest absolute Gasteiger partial charge is 0.479 e. The Morgan fingerprint density at radius 3 is 2.50 bits per heavy atom. The number of rotatable bonds is 6. The lowest BCUT2D eigenvalue weighted by atomic mass is 9.89. The van der Waals surface area contributed by atoms with Gasteiger partial charge in [0.25, 0.3) is 0 Å². The molecule has 1 N–H and O–H groups in total. The van der Waals surface area contributed by atoms with Crippen molar-refractivity contribution >= 4 is 11.9 Å². The molecule has 1 saturated heterocycles. The van der Waals surface area contributed by atoms with Gasteiger partial charge in [-0.15, -0.1) is 0 Å². The van der Waals surface area contributed by atoms with Crippen LogP contribution in [0.2, 0.25) is 0 Å². The molecule has 2 atom stereocenters. The Kier molecular flexibility index (Phi) is 5.17. The smallest absolute Gasteiger partial charge is 0.329 e. The van der Waals surface area contributed by atoms with Crippen LogP contribution in [0, 0.1) is 5.92 Å². The van der Waals surface area contributed by atoms with Gasteiger partial charge in [0.2, 0.25) is 5.91 Å². The summed E-state index contributed by atoms with van der Waals surface area (Å²) in [6.45, 7) is 6.52. The van der Waals surface area contributed by atoms with Gasteiger partial charge in [0.15, 0.2) is 0 Å². The fourth-order valence-electron chi connectivity index (χ4n) is 3.03. The summed E-state index contributed by atoms with van der Waals surface area (Å²) in [5.41, 5.74) is -0.937. The first-order chi connectivity index (χ1) is 8.49. The van der Waals surface area contributed by atoms with Crippen molar-refractivity contribution in [2.45, 2.75) is 64.8 Å². The van der Waals surface area contributed by atoms with Gasteiger partial charge in [-0.05, 0) is 25.7 Å². The molecule has 1 amide bonds. The maximum absolute atomic E-state index is 12.4. The standard InChI is InChI=1S/C14H25NO3/c1-4-7-11(3)12(16)15-10-6-9-14(15,8-5-2)13(17)18/h11H,4-10H2,1-3H3,(H,17,18). The number of amides is 1. The first kappa shape index (κ1) is 15.0. The summed E-state index contributed by atoms with van der Waals surface area (Å²) >= 11 is 0. The van der Waals surface area contributed by atoms with Crippen molar-refractivity contribution < 1.29 is 14.7 Å².